The number of nitro benzene ring substituents is 1. The van der Waals surface area contributed by atoms with Crippen molar-refractivity contribution in [3.63, 3.8) is 0 Å². The van der Waals surface area contributed by atoms with Gasteiger partial charge in [0.1, 0.15) is 17.2 Å². The molecule has 2 aromatic rings. The molecule has 1 N–H and O–H groups in total. The van der Waals surface area contributed by atoms with Gasteiger partial charge >= 0.3 is 0 Å². The molecule has 0 aliphatic carbocycles. The summed E-state index contributed by atoms with van der Waals surface area (Å²) in [4.78, 5) is 28.3. The van der Waals surface area contributed by atoms with Gasteiger partial charge in [0, 0.05) is 44.4 Å². The summed E-state index contributed by atoms with van der Waals surface area (Å²) in [5.41, 5.74) is 0.683. The third kappa shape index (κ3) is 5.09. The zero-order chi connectivity index (χ0) is 22.5. The number of aryl methyl sites for hydroxylation is 1. The summed E-state index contributed by atoms with van der Waals surface area (Å²) in [6.45, 7) is 7.13. The van der Waals surface area contributed by atoms with Gasteiger partial charge in [-0.25, -0.2) is 0 Å². The number of benzene rings is 1. The number of amides is 1. The zero-order valence-corrected chi connectivity index (χ0v) is 18.1. The van der Waals surface area contributed by atoms with Crippen LogP contribution in [-0.4, -0.2) is 74.9 Å². The Balaban J connectivity index is 1.49. The van der Waals surface area contributed by atoms with E-state index >= 15 is 0 Å². The van der Waals surface area contributed by atoms with Gasteiger partial charge in [0.25, 0.3) is 11.6 Å². The van der Waals surface area contributed by atoms with Crippen LogP contribution in [0.5, 0.6) is 0 Å². The molecule has 1 unspecified atom stereocenters. The maximum Gasteiger partial charge on any atom is 0.293 e. The molecule has 2 saturated heterocycles. The molecular formula is C22H28N4O6. The molecule has 1 atom stereocenters. The Morgan fingerprint density at radius 3 is 2.41 bits per heavy atom. The zero-order valence-electron chi connectivity index (χ0n) is 18.1. The number of morpholine rings is 2. The third-order valence-corrected chi connectivity index (χ3v) is 5.82. The van der Waals surface area contributed by atoms with E-state index in [-0.39, 0.29) is 23.2 Å². The first-order valence-corrected chi connectivity index (χ1v) is 10.8. The Labute approximate surface area is 186 Å². The van der Waals surface area contributed by atoms with Gasteiger partial charge in [0.15, 0.2) is 0 Å². The second-order valence-electron chi connectivity index (χ2n) is 7.88. The molecular weight excluding hydrogens is 416 g/mol. The van der Waals surface area contributed by atoms with Crippen molar-refractivity contribution in [3.8, 4) is 0 Å². The molecule has 0 saturated carbocycles. The second kappa shape index (κ2) is 10.1. The highest BCUT2D eigenvalue weighted by Crippen LogP contribution is 2.30. The number of nitrogens with zero attached hydrogens (tertiary/aromatic N) is 3. The van der Waals surface area contributed by atoms with E-state index in [1.165, 1.54) is 6.07 Å². The van der Waals surface area contributed by atoms with Crippen LogP contribution in [0.4, 0.5) is 11.4 Å². The lowest BCUT2D eigenvalue weighted by Gasteiger charge is -2.33. The van der Waals surface area contributed by atoms with Crippen LogP contribution in [0, 0.1) is 17.0 Å². The maximum absolute atomic E-state index is 12.9. The Morgan fingerprint density at radius 2 is 1.78 bits per heavy atom. The van der Waals surface area contributed by atoms with E-state index in [0.717, 1.165) is 24.6 Å². The van der Waals surface area contributed by atoms with Crippen molar-refractivity contribution in [1.82, 2.24) is 10.2 Å². The smallest absolute Gasteiger partial charge is 0.293 e. The van der Waals surface area contributed by atoms with Crippen LogP contribution in [0.25, 0.3) is 0 Å². The van der Waals surface area contributed by atoms with Gasteiger partial charge in [-0.15, -0.1) is 0 Å². The normalized spacial score (nSPS) is 18.3. The fourth-order valence-corrected chi connectivity index (χ4v) is 4.11. The summed E-state index contributed by atoms with van der Waals surface area (Å²) >= 11 is 0. The van der Waals surface area contributed by atoms with E-state index in [1.807, 2.05) is 24.0 Å². The molecule has 3 heterocycles. The average Bonchev–Trinajstić information content (AvgIpc) is 3.25. The summed E-state index contributed by atoms with van der Waals surface area (Å²) in [7, 11) is 0. The first-order chi connectivity index (χ1) is 15.5. The van der Waals surface area contributed by atoms with E-state index in [1.54, 1.807) is 12.1 Å². The number of nitro groups is 1. The highest BCUT2D eigenvalue weighted by atomic mass is 16.6. The average molecular weight is 444 g/mol. The monoisotopic (exact) mass is 444 g/mol. The second-order valence-corrected chi connectivity index (χ2v) is 7.88. The van der Waals surface area contributed by atoms with Crippen molar-refractivity contribution < 1.29 is 23.6 Å². The number of carbonyl (C=O) groups is 1. The molecule has 10 heteroatoms. The van der Waals surface area contributed by atoms with E-state index < -0.39 is 4.92 Å². The highest BCUT2D eigenvalue weighted by Gasteiger charge is 2.27. The van der Waals surface area contributed by atoms with Crippen LogP contribution in [0.2, 0.25) is 0 Å². The molecule has 0 bridgehead atoms. The van der Waals surface area contributed by atoms with E-state index in [2.05, 4.69) is 10.2 Å². The third-order valence-electron chi connectivity index (χ3n) is 5.82. The summed E-state index contributed by atoms with van der Waals surface area (Å²) in [5, 5.41) is 14.6. The van der Waals surface area contributed by atoms with Crippen molar-refractivity contribution in [2.45, 2.75) is 13.0 Å². The van der Waals surface area contributed by atoms with Gasteiger partial charge in [-0.05, 0) is 31.2 Å². The predicted molar refractivity (Wildman–Crippen MR) is 117 cm³/mol. The molecule has 10 nitrogen and oxygen atoms in total. The summed E-state index contributed by atoms with van der Waals surface area (Å²) < 4.78 is 16.6. The lowest BCUT2D eigenvalue weighted by atomic mass is 10.1. The van der Waals surface area contributed by atoms with Crippen LogP contribution in [-0.2, 0) is 9.47 Å². The van der Waals surface area contributed by atoms with Crippen molar-refractivity contribution in [1.29, 1.82) is 0 Å². The van der Waals surface area contributed by atoms with E-state index in [9.17, 15) is 14.9 Å². The number of anilines is 1. The number of ether oxygens (including phenoxy) is 2. The Bertz CT molecular complexity index is 950. The minimum atomic E-state index is -0.441. The van der Waals surface area contributed by atoms with Crippen molar-refractivity contribution >= 4 is 17.3 Å². The number of nitrogens with one attached hydrogen (secondary N) is 1. The van der Waals surface area contributed by atoms with E-state index in [4.69, 9.17) is 13.9 Å². The minimum absolute atomic E-state index is 0.0778. The number of furan rings is 1. The maximum atomic E-state index is 12.9. The van der Waals surface area contributed by atoms with Crippen LogP contribution in [0.1, 0.15) is 27.9 Å². The lowest BCUT2D eigenvalue weighted by Crippen LogP contribution is -2.43. The topological polar surface area (TPSA) is 110 Å². The molecule has 0 spiro atoms. The van der Waals surface area contributed by atoms with Gasteiger partial charge in [-0.3, -0.25) is 19.8 Å². The standard InChI is InChI=1S/C22H28N4O6/c1-16-2-5-21(32-16)20(25-8-12-31-13-9-25)15-23-22(27)17-3-4-18(19(14-17)26(28)29)24-6-10-30-11-7-24/h2-5,14,20H,6-13,15H2,1H3,(H,23,27). The van der Waals surface area contributed by atoms with Crippen LogP contribution >= 0.6 is 0 Å². The predicted octanol–water partition coefficient (Wildman–Crippen LogP) is 2.14. The molecule has 172 valence electrons. The lowest BCUT2D eigenvalue weighted by molar-refractivity contribution is -0.384. The minimum Gasteiger partial charge on any atom is -0.465 e. The Hall–Kier alpha value is -2.95. The number of hydrogen-bond acceptors (Lipinski definition) is 8. The van der Waals surface area contributed by atoms with Crippen molar-refractivity contribution in [3.05, 3.63) is 57.5 Å². The van der Waals surface area contributed by atoms with Crippen LogP contribution < -0.4 is 10.2 Å². The fraction of sp³-hybridized carbons (Fsp3) is 0.500. The summed E-state index contributed by atoms with van der Waals surface area (Å²) in [6.07, 6.45) is 0. The Kier molecular flexibility index (Phi) is 7.03. The first kappa shape index (κ1) is 22.3. The fourth-order valence-electron chi connectivity index (χ4n) is 4.11. The molecule has 2 aliphatic heterocycles. The number of rotatable bonds is 7. The summed E-state index contributed by atoms with van der Waals surface area (Å²) in [5.74, 6) is 1.22. The number of carbonyl (C=O) groups excluding carboxylic acids is 1. The number of hydrogen-bond donors (Lipinski definition) is 1. The molecule has 0 radical (unpaired) electrons. The SMILES string of the molecule is Cc1ccc(C(CNC(=O)c2ccc(N3CCOCC3)c([N+](=O)[O-])c2)N2CCOCC2)o1. The molecule has 2 fully saturated rings. The summed E-state index contributed by atoms with van der Waals surface area (Å²) in [6, 6.07) is 8.31. The van der Waals surface area contributed by atoms with Crippen molar-refractivity contribution in [2.24, 2.45) is 0 Å². The molecule has 4 rings (SSSR count). The largest absolute Gasteiger partial charge is 0.465 e. The first-order valence-electron chi connectivity index (χ1n) is 10.8. The van der Waals surface area contributed by atoms with Crippen LogP contribution in [0.3, 0.4) is 0 Å². The Morgan fingerprint density at radius 1 is 1.09 bits per heavy atom. The van der Waals surface area contributed by atoms with Gasteiger partial charge in [-0.2, -0.15) is 0 Å². The molecule has 2 aliphatic rings. The van der Waals surface area contributed by atoms with Crippen LogP contribution in [0.15, 0.2) is 34.7 Å². The molecule has 1 amide bonds. The molecule has 32 heavy (non-hydrogen) atoms. The van der Waals surface area contributed by atoms with Gasteiger partial charge in [0.05, 0.1) is 37.4 Å². The van der Waals surface area contributed by atoms with Gasteiger partial charge in [-0.1, -0.05) is 0 Å². The van der Waals surface area contributed by atoms with Crippen molar-refractivity contribution in [2.75, 3.05) is 64.1 Å². The molecule has 1 aromatic heterocycles. The van der Waals surface area contributed by atoms with Gasteiger partial charge in [0.2, 0.25) is 0 Å². The van der Waals surface area contributed by atoms with E-state index in [0.29, 0.717) is 51.7 Å². The molecule has 1 aromatic carbocycles. The highest BCUT2D eigenvalue weighted by molar-refractivity contribution is 5.95. The quantitative estimate of drug-likeness (QED) is 0.511. The van der Waals surface area contributed by atoms with Gasteiger partial charge < -0.3 is 24.1 Å².